The second-order valence-corrected chi connectivity index (χ2v) is 2.57. The van der Waals surface area contributed by atoms with E-state index in [9.17, 15) is 0 Å². The molecule has 85 valence electrons. The van der Waals surface area contributed by atoms with Crippen molar-refractivity contribution >= 4 is 11.2 Å². The molecule has 3 aromatic heterocycles. The fourth-order valence-electron chi connectivity index (χ4n) is 0.944. The Balaban J connectivity index is 0.000000162. The average Bonchev–Trinajstić information content (AvgIpc) is 2.80. The van der Waals surface area contributed by atoms with E-state index in [1.54, 1.807) is 31.0 Å². The van der Waals surface area contributed by atoms with Gasteiger partial charge in [-0.1, -0.05) is 0 Å². The minimum absolute atomic E-state index is 0. The number of hydrogen-bond donors (Lipinski definition) is 1. The molecular weight excluding hydrogens is 389 g/mol. The summed E-state index contributed by atoms with van der Waals surface area (Å²) in [7, 11) is 0. The van der Waals surface area contributed by atoms with Crippen LogP contribution in [0.2, 0.25) is 0 Å². The summed E-state index contributed by atoms with van der Waals surface area (Å²) in [6.07, 6.45) is 9.64. The monoisotopic (exact) mass is 397 g/mol. The molecule has 0 aliphatic rings. The van der Waals surface area contributed by atoms with Gasteiger partial charge in [-0.05, 0) is 6.07 Å². The number of hydrogen-bond acceptors (Lipinski definition) is 5. The fraction of sp³-hybridized carbons (Fsp3) is 0. The summed E-state index contributed by atoms with van der Waals surface area (Å²) in [6, 6.07) is 1.78. The minimum atomic E-state index is 0. The van der Waals surface area contributed by atoms with Crippen molar-refractivity contribution in [2.45, 2.75) is 0 Å². The smallest absolute Gasteiger partial charge is 0.180 e. The van der Waals surface area contributed by atoms with Gasteiger partial charge in [0.25, 0.3) is 0 Å². The van der Waals surface area contributed by atoms with Crippen LogP contribution in [0.4, 0.5) is 0 Å². The normalized spacial score (nSPS) is 8.75. The van der Waals surface area contributed by atoms with Crippen LogP contribution < -0.4 is 0 Å². The summed E-state index contributed by atoms with van der Waals surface area (Å²) >= 11 is 0. The quantitative estimate of drug-likeness (QED) is 0.569. The predicted octanol–water partition coefficient (Wildman–Crippen LogP) is 0.827. The third-order valence-electron chi connectivity index (χ3n) is 1.58. The van der Waals surface area contributed by atoms with Gasteiger partial charge in [0, 0.05) is 34.8 Å². The van der Waals surface area contributed by atoms with Crippen LogP contribution in [0.5, 0.6) is 0 Å². The van der Waals surface area contributed by atoms with Gasteiger partial charge in [-0.15, -0.1) is 0 Å². The van der Waals surface area contributed by atoms with E-state index in [1.165, 1.54) is 12.7 Å². The molecule has 0 aromatic carbocycles. The van der Waals surface area contributed by atoms with Gasteiger partial charge < -0.3 is 4.98 Å². The summed E-state index contributed by atoms with van der Waals surface area (Å²) in [5.74, 6) is 0. The van der Waals surface area contributed by atoms with Gasteiger partial charge in [-0.25, -0.2) is 24.9 Å². The first-order chi connectivity index (χ1) is 7.47. The number of fused-ring (bicyclic) bond motifs is 1. The van der Waals surface area contributed by atoms with E-state index >= 15 is 0 Å². The zero-order valence-electron chi connectivity index (χ0n) is 8.08. The van der Waals surface area contributed by atoms with Crippen LogP contribution in [-0.2, 0) is 22.4 Å². The molecule has 3 heterocycles. The number of rotatable bonds is 0. The Hall–Kier alpha value is -1.63. The molecule has 0 fully saturated rings. The standard InChI is InChI=1S/C5H4N4.C4H4N2.Au/c1-4-5(8-2-6-1)9-3-7-4;1-2-5-4-6-3-1;/h1-3H,(H,6,7,8,9);1-4H;. The summed E-state index contributed by atoms with van der Waals surface area (Å²) in [6.45, 7) is 0. The summed E-state index contributed by atoms with van der Waals surface area (Å²) < 4.78 is 0. The van der Waals surface area contributed by atoms with Crippen molar-refractivity contribution in [3.05, 3.63) is 43.6 Å². The SMILES string of the molecule is [Au].c1cncnc1.c1ncc2[nH]cnc2n1. The van der Waals surface area contributed by atoms with Crippen LogP contribution >= 0.6 is 0 Å². The van der Waals surface area contributed by atoms with Gasteiger partial charge in [0.15, 0.2) is 5.65 Å². The zero-order chi connectivity index (χ0) is 10.3. The first-order valence-corrected chi connectivity index (χ1v) is 4.26. The molecule has 0 aliphatic carbocycles. The van der Waals surface area contributed by atoms with Crippen molar-refractivity contribution in [1.29, 1.82) is 0 Å². The van der Waals surface area contributed by atoms with Crippen LogP contribution in [-0.4, -0.2) is 29.9 Å². The van der Waals surface area contributed by atoms with Gasteiger partial charge in [0.1, 0.15) is 18.2 Å². The molecule has 0 atom stereocenters. The second kappa shape index (κ2) is 6.78. The molecule has 0 saturated carbocycles. The number of H-pyrrole nitrogens is 1. The Labute approximate surface area is 107 Å². The van der Waals surface area contributed by atoms with Crippen molar-refractivity contribution in [3.8, 4) is 0 Å². The Morgan fingerprint density at radius 2 is 1.75 bits per heavy atom. The maximum Gasteiger partial charge on any atom is 0.180 e. The average molecular weight is 397 g/mol. The van der Waals surface area contributed by atoms with Gasteiger partial charge in [-0.2, -0.15) is 0 Å². The molecule has 7 heteroatoms. The molecule has 3 rings (SSSR count). The maximum absolute atomic E-state index is 3.91. The van der Waals surface area contributed by atoms with Gasteiger partial charge >= 0.3 is 0 Å². The largest absolute Gasteiger partial charge is 0.342 e. The van der Waals surface area contributed by atoms with Crippen molar-refractivity contribution in [3.63, 3.8) is 0 Å². The molecule has 0 saturated heterocycles. The van der Waals surface area contributed by atoms with Crippen molar-refractivity contribution in [2.24, 2.45) is 0 Å². The third-order valence-corrected chi connectivity index (χ3v) is 1.58. The topological polar surface area (TPSA) is 80.2 Å². The molecule has 0 unspecified atom stereocenters. The van der Waals surface area contributed by atoms with E-state index in [2.05, 4.69) is 29.9 Å². The first kappa shape index (κ1) is 12.4. The third kappa shape index (κ3) is 3.50. The number of nitrogens with one attached hydrogen (secondary N) is 1. The molecule has 0 aliphatic heterocycles. The molecule has 16 heavy (non-hydrogen) atoms. The Bertz CT molecular complexity index is 454. The van der Waals surface area contributed by atoms with E-state index in [-0.39, 0.29) is 22.4 Å². The van der Waals surface area contributed by atoms with Crippen LogP contribution in [0.25, 0.3) is 11.2 Å². The van der Waals surface area contributed by atoms with Crippen molar-refractivity contribution in [2.75, 3.05) is 0 Å². The summed E-state index contributed by atoms with van der Waals surface area (Å²) in [4.78, 5) is 21.8. The first-order valence-electron chi connectivity index (χ1n) is 4.26. The van der Waals surface area contributed by atoms with Gasteiger partial charge in [-0.3, -0.25) is 0 Å². The Morgan fingerprint density at radius 3 is 2.31 bits per heavy atom. The maximum atomic E-state index is 3.91. The number of aromatic amines is 1. The molecule has 0 bridgehead atoms. The van der Waals surface area contributed by atoms with Crippen LogP contribution in [0.15, 0.2) is 43.6 Å². The summed E-state index contributed by atoms with van der Waals surface area (Å²) in [5, 5.41) is 0. The van der Waals surface area contributed by atoms with Gasteiger partial charge in [0.05, 0.1) is 12.5 Å². The molecular formula is C9H8AuN6. The molecule has 0 amide bonds. The number of nitrogens with zero attached hydrogens (tertiary/aromatic N) is 5. The Kier molecular flexibility index (Phi) is 5.27. The molecule has 6 nitrogen and oxygen atoms in total. The minimum Gasteiger partial charge on any atom is -0.342 e. The summed E-state index contributed by atoms with van der Waals surface area (Å²) in [5.41, 5.74) is 1.59. The Morgan fingerprint density at radius 1 is 0.938 bits per heavy atom. The van der Waals surface area contributed by atoms with Crippen LogP contribution in [0.1, 0.15) is 0 Å². The van der Waals surface area contributed by atoms with Crippen molar-refractivity contribution in [1.82, 2.24) is 29.9 Å². The molecule has 0 spiro atoms. The van der Waals surface area contributed by atoms with E-state index in [0.717, 1.165) is 5.52 Å². The van der Waals surface area contributed by atoms with E-state index in [4.69, 9.17) is 0 Å². The van der Waals surface area contributed by atoms with E-state index < -0.39 is 0 Å². The van der Waals surface area contributed by atoms with E-state index in [1.807, 2.05) is 0 Å². The van der Waals surface area contributed by atoms with Gasteiger partial charge in [0.2, 0.25) is 0 Å². The molecule has 1 N–H and O–H groups in total. The molecule has 3 aromatic rings. The van der Waals surface area contributed by atoms with Crippen LogP contribution in [0.3, 0.4) is 0 Å². The molecule has 1 radical (unpaired) electrons. The number of imidazole rings is 1. The number of aromatic nitrogens is 6. The van der Waals surface area contributed by atoms with E-state index in [0.29, 0.717) is 5.65 Å². The fourth-order valence-corrected chi connectivity index (χ4v) is 0.944. The van der Waals surface area contributed by atoms with Crippen molar-refractivity contribution < 1.29 is 22.4 Å². The van der Waals surface area contributed by atoms with Crippen LogP contribution in [0, 0.1) is 0 Å². The second-order valence-electron chi connectivity index (χ2n) is 2.57. The predicted molar refractivity (Wildman–Crippen MR) is 53.7 cm³/mol. The zero-order valence-corrected chi connectivity index (χ0v) is 10.2.